The Morgan fingerprint density at radius 2 is 1.88 bits per heavy atom. The van der Waals surface area contributed by atoms with E-state index in [2.05, 4.69) is 15.6 Å². The molecule has 1 atom stereocenters. The number of guanidine groups is 1. The standard InChI is InChI=1S/C16H25Cl2N3O3/c1-3-19-16(20-4-5-24-7-6-23-2)21-11-15(22)12-8-13(17)10-14(18)9-12/h8-10,15,22H,3-7,11H2,1-2H3,(H2,19,20,21). The minimum absolute atomic E-state index is 0.191. The lowest BCUT2D eigenvalue weighted by molar-refractivity contribution is 0.0733. The van der Waals surface area contributed by atoms with Gasteiger partial charge in [-0.2, -0.15) is 0 Å². The van der Waals surface area contributed by atoms with Crippen molar-refractivity contribution in [1.82, 2.24) is 10.6 Å². The zero-order valence-corrected chi connectivity index (χ0v) is 15.5. The van der Waals surface area contributed by atoms with Crippen LogP contribution in [-0.2, 0) is 9.47 Å². The lowest BCUT2D eigenvalue weighted by atomic mass is 10.1. The van der Waals surface area contributed by atoms with Crippen LogP contribution in [0.15, 0.2) is 23.2 Å². The summed E-state index contributed by atoms with van der Waals surface area (Å²) in [6.07, 6.45) is -0.783. The minimum Gasteiger partial charge on any atom is -0.386 e. The Hall–Kier alpha value is -1.05. The minimum atomic E-state index is -0.783. The van der Waals surface area contributed by atoms with Crippen molar-refractivity contribution in [3.63, 3.8) is 0 Å². The van der Waals surface area contributed by atoms with Gasteiger partial charge in [0, 0.05) is 30.2 Å². The highest BCUT2D eigenvalue weighted by molar-refractivity contribution is 6.34. The topological polar surface area (TPSA) is 75.1 Å². The van der Waals surface area contributed by atoms with Gasteiger partial charge in [-0.1, -0.05) is 23.2 Å². The van der Waals surface area contributed by atoms with Gasteiger partial charge in [0.2, 0.25) is 0 Å². The number of hydrogen-bond acceptors (Lipinski definition) is 4. The van der Waals surface area contributed by atoms with Crippen molar-refractivity contribution in [2.45, 2.75) is 13.0 Å². The molecule has 0 spiro atoms. The summed E-state index contributed by atoms with van der Waals surface area (Å²) in [5.74, 6) is 0.611. The molecule has 136 valence electrons. The van der Waals surface area contributed by atoms with E-state index >= 15 is 0 Å². The van der Waals surface area contributed by atoms with E-state index in [1.54, 1.807) is 25.3 Å². The number of ether oxygens (including phenoxy) is 2. The first-order valence-corrected chi connectivity index (χ1v) is 8.55. The summed E-state index contributed by atoms with van der Waals surface area (Å²) in [7, 11) is 1.63. The summed E-state index contributed by atoms with van der Waals surface area (Å²) in [5, 5.41) is 17.5. The van der Waals surface area contributed by atoms with E-state index in [1.807, 2.05) is 6.92 Å². The zero-order valence-electron chi connectivity index (χ0n) is 14.0. The van der Waals surface area contributed by atoms with Gasteiger partial charge in [-0.05, 0) is 30.7 Å². The van der Waals surface area contributed by atoms with E-state index < -0.39 is 6.10 Å². The van der Waals surface area contributed by atoms with Gasteiger partial charge in [-0.3, -0.25) is 4.99 Å². The number of nitrogens with one attached hydrogen (secondary N) is 2. The van der Waals surface area contributed by atoms with Crippen LogP contribution in [0.4, 0.5) is 0 Å². The van der Waals surface area contributed by atoms with Crippen LogP contribution in [0.5, 0.6) is 0 Å². The number of halogens is 2. The molecule has 0 aliphatic carbocycles. The van der Waals surface area contributed by atoms with Crippen LogP contribution in [0.2, 0.25) is 10.0 Å². The summed E-state index contributed by atoms with van der Waals surface area (Å²) >= 11 is 11.9. The molecule has 0 aliphatic heterocycles. The monoisotopic (exact) mass is 377 g/mol. The lowest BCUT2D eigenvalue weighted by Crippen LogP contribution is -2.39. The number of hydrogen-bond donors (Lipinski definition) is 3. The third-order valence-corrected chi connectivity index (χ3v) is 3.44. The molecule has 0 aliphatic rings. The molecule has 0 amide bonds. The van der Waals surface area contributed by atoms with Crippen LogP contribution < -0.4 is 10.6 Å². The lowest BCUT2D eigenvalue weighted by Gasteiger charge is -2.14. The third kappa shape index (κ3) is 8.70. The van der Waals surface area contributed by atoms with Gasteiger partial charge in [-0.15, -0.1) is 0 Å². The van der Waals surface area contributed by atoms with E-state index in [4.69, 9.17) is 32.7 Å². The molecule has 0 radical (unpaired) electrons. The first-order chi connectivity index (χ1) is 11.6. The third-order valence-electron chi connectivity index (χ3n) is 3.01. The number of aliphatic hydroxyl groups is 1. The summed E-state index contributed by atoms with van der Waals surface area (Å²) in [5.41, 5.74) is 0.634. The van der Waals surface area contributed by atoms with Gasteiger partial charge >= 0.3 is 0 Å². The van der Waals surface area contributed by atoms with Crippen LogP contribution in [-0.4, -0.2) is 57.6 Å². The average Bonchev–Trinajstić information content (AvgIpc) is 2.54. The van der Waals surface area contributed by atoms with E-state index in [-0.39, 0.29) is 6.54 Å². The zero-order chi connectivity index (χ0) is 17.8. The van der Waals surface area contributed by atoms with Crippen LogP contribution in [0.1, 0.15) is 18.6 Å². The summed E-state index contributed by atoms with van der Waals surface area (Å²) in [4.78, 5) is 4.36. The first kappa shape index (κ1) is 21.0. The van der Waals surface area contributed by atoms with Gasteiger partial charge in [-0.25, -0.2) is 0 Å². The maximum absolute atomic E-state index is 10.2. The molecular weight excluding hydrogens is 353 g/mol. The molecule has 6 nitrogen and oxygen atoms in total. The quantitative estimate of drug-likeness (QED) is 0.331. The van der Waals surface area contributed by atoms with Crippen LogP contribution >= 0.6 is 23.2 Å². The molecule has 8 heteroatoms. The highest BCUT2D eigenvalue weighted by atomic mass is 35.5. The van der Waals surface area contributed by atoms with Gasteiger partial charge < -0.3 is 25.2 Å². The Kier molecular flexibility index (Phi) is 10.8. The van der Waals surface area contributed by atoms with E-state index in [0.29, 0.717) is 47.9 Å². The first-order valence-electron chi connectivity index (χ1n) is 7.79. The van der Waals surface area contributed by atoms with E-state index in [1.165, 1.54) is 0 Å². The van der Waals surface area contributed by atoms with Crippen molar-refractivity contribution in [3.05, 3.63) is 33.8 Å². The van der Waals surface area contributed by atoms with Crippen molar-refractivity contribution in [3.8, 4) is 0 Å². The molecule has 0 saturated carbocycles. The van der Waals surface area contributed by atoms with Crippen LogP contribution in [0.25, 0.3) is 0 Å². The second kappa shape index (κ2) is 12.3. The predicted octanol–water partition coefficient (Wildman–Crippen LogP) is 2.24. The molecule has 1 rings (SSSR count). The van der Waals surface area contributed by atoms with Crippen molar-refractivity contribution in [1.29, 1.82) is 0 Å². The second-order valence-electron chi connectivity index (χ2n) is 4.97. The van der Waals surface area contributed by atoms with Crippen molar-refractivity contribution in [2.75, 3.05) is 46.6 Å². The largest absolute Gasteiger partial charge is 0.386 e. The molecule has 24 heavy (non-hydrogen) atoms. The number of benzene rings is 1. The molecule has 0 heterocycles. The molecular formula is C16H25Cl2N3O3. The summed E-state index contributed by atoms with van der Waals surface area (Å²) < 4.78 is 10.3. The maximum atomic E-state index is 10.2. The molecule has 0 aromatic heterocycles. The van der Waals surface area contributed by atoms with Gasteiger partial charge in [0.05, 0.1) is 32.5 Å². The maximum Gasteiger partial charge on any atom is 0.191 e. The van der Waals surface area contributed by atoms with Gasteiger partial charge in [0.15, 0.2) is 5.96 Å². The Morgan fingerprint density at radius 3 is 2.50 bits per heavy atom. The van der Waals surface area contributed by atoms with Crippen molar-refractivity contribution < 1.29 is 14.6 Å². The Balaban J connectivity index is 2.48. The molecule has 1 aromatic carbocycles. The molecule has 0 saturated heterocycles. The predicted molar refractivity (Wildman–Crippen MR) is 98.1 cm³/mol. The number of aliphatic imine (C=N–C) groups is 1. The van der Waals surface area contributed by atoms with Crippen molar-refractivity contribution >= 4 is 29.2 Å². The molecule has 0 bridgehead atoms. The van der Waals surface area contributed by atoms with Gasteiger partial charge in [0.1, 0.15) is 0 Å². The Labute approximate surface area is 153 Å². The van der Waals surface area contributed by atoms with Crippen molar-refractivity contribution in [2.24, 2.45) is 4.99 Å². The van der Waals surface area contributed by atoms with E-state index in [0.717, 1.165) is 6.54 Å². The SMILES string of the molecule is CCNC(=NCC(O)c1cc(Cl)cc(Cl)c1)NCCOCCOC. The summed E-state index contributed by atoms with van der Waals surface area (Å²) in [6.45, 7) is 5.16. The number of rotatable bonds is 10. The molecule has 1 aromatic rings. The normalized spacial score (nSPS) is 13.0. The smallest absolute Gasteiger partial charge is 0.191 e. The van der Waals surface area contributed by atoms with E-state index in [9.17, 15) is 5.11 Å². The molecule has 3 N–H and O–H groups in total. The molecule has 1 unspecified atom stereocenters. The second-order valence-corrected chi connectivity index (χ2v) is 5.84. The summed E-state index contributed by atoms with van der Waals surface area (Å²) in [6, 6.07) is 4.98. The average molecular weight is 378 g/mol. The fourth-order valence-electron chi connectivity index (χ4n) is 1.88. The Bertz CT molecular complexity index is 495. The van der Waals surface area contributed by atoms with Gasteiger partial charge in [0.25, 0.3) is 0 Å². The van der Waals surface area contributed by atoms with Crippen LogP contribution in [0.3, 0.4) is 0 Å². The fraction of sp³-hybridized carbons (Fsp3) is 0.562. The molecule has 0 fully saturated rings. The highest BCUT2D eigenvalue weighted by Gasteiger charge is 2.09. The van der Waals surface area contributed by atoms with Crippen LogP contribution in [0, 0.1) is 0 Å². The number of nitrogens with zero attached hydrogens (tertiary/aromatic N) is 1. The number of methoxy groups -OCH3 is 1. The fourth-order valence-corrected chi connectivity index (χ4v) is 2.42. The number of aliphatic hydroxyl groups excluding tert-OH is 1. The Morgan fingerprint density at radius 1 is 1.17 bits per heavy atom. The highest BCUT2D eigenvalue weighted by Crippen LogP contribution is 2.23.